The molecular formula is C18H33N3O6Pr-3. The number of aliphatic carboxylic acids is 3. The van der Waals surface area contributed by atoms with E-state index in [1.54, 1.807) is 0 Å². The number of hydrogen-bond acceptors (Lipinski definition) is 6. The predicted octanol–water partition coefficient (Wildman–Crippen LogP) is 0.610. The molecule has 0 heterocycles. The average Bonchev–Trinajstić information content (AvgIpc) is 2.46. The molecule has 0 radical (unpaired) electrons. The van der Waals surface area contributed by atoms with Crippen molar-refractivity contribution in [2.45, 2.75) is 78.9 Å². The second-order valence-electron chi connectivity index (χ2n) is 7.50. The maximum Gasteiger partial charge on any atom is 3.00 e. The first kappa shape index (κ1) is 35.1. The fraction of sp³-hybridized carbons (Fsp3) is 0.833. The van der Waals surface area contributed by atoms with Crippen LogP contribution in [-0.2, 0) is 14.4 Å². The molecule has 0 saturated carbocycles. The second kappa shape index (κ2) is 19.9. The van der Waals surface area contributed by atoms with Crippen LogP contribution in [0.2, 0.25) is 0 Å². The van der Waals surface area contributed by atoms with Gasteiger partial charge in [0.15, 0.2) is 0 Å². The summed E-state index contributed by atoms with van der Waals surface area (Å²) < 4.78 is 0. The smallest absolute Gasteiger partial charge is 0.670 e. The maximum absolute atomic E-state index is 9.94. The Morgan fingerprint density at radius 2 is 0.714 bits per heavy atom. The van der Waals surface area contributed by atoms with Gasteiger partial charge in [-0.25, -0.2) is 0 Å². The van der Waals surface area contributed by atoms with Crippen molar-refractivity contribution in [2.24, 2.45) is 17.8 Å². The Hall–Kier alpha value is -0.346. The zero-order valence-corrected chi connectivity index (χ0v) is 21.3. The molecule has 28 heavy (non-hydrogen) atoms. The topological polar surface area (TPSA) is 192 Å². The summed E-state index contributed by atoms with van der Waals surface area (Å²) in [6.07, 6.45) is 1.13. The summed E-state index contributed by atoms with van der Waals surface area (Å²) in [7, 11) is 0. The van der Waals surface area contributed by atoms with Gasteiger partial charge < -0.3 is 46.9 Å². The molecule has 0 aromatic carbocycles. The number of carboxylic acid groups (broad SMARTS) is 3. The van der Waals surface area contributed by atoms with Crippen molar-refractivity contribution in [3.05, 3.63) is 17.2 Å². The van der Waals surface area contributed by atoms with Gasteiger partial charge in [0.25, 0.3) is 0 Å². The summed E-state index contributed by atoms with van der Waals surface area (Å²) >= 11 is 0. The molecule has 0 aliphatic rings. The van der Waals surface area contributed by atoms with Crippen LogP contribution in [0.3, 0.4) is 0 Å². The Morgan fingerprint density at radius 3 is 0.750 bits per heavy atom. The van der Waals surface area contributed by atoms with Crippen LogP contribution in [0.15, 0.2) is 0 Å². The van der Waals surface area contributed by atoms with Gasteiger partial charge in [0.05, 0.1) is 0 Å². The molecule has 0 aliphatic heterocycles. The minimum absolute atomic E-state index is 0. The maximum atomic E-state index is 9.94. The first-order valence-electron chi connectivity index (χ1n) is 8.87. The Morgan fingerprint density at radius 1 is 0.571 bits per heavy atom. The van der Waals surface area contributed by atoms with Crippen molar-refractivity contribution in [2.75, 3.05) is 0 Å². The van der Waals surface area contributed by atoms with Crippen LogP contribution in [0, 0.1) is 59.0 Å². The molecule has 0 amide bonds. The summed E-state index contributed by atoms with van der Waals surface area (Å²) in [5.74, 6) is -3.06. The minimum atomic E-state index is -1.27. The van der Waals surface area contributed by atoms with Crippen LogP contribution < -0.4 is 15.3 Å². The molecule has 0 aliphatic carbocycles. The van der Waals surface area contributed by atoms with Gasteiger partial charge in [0.2, 0.25) is 0 Å². The van der Waals surface area contributed by atoms with E-state index < -0.39 is 36.0 Å². The molecule has 0 aromatic heterocycles. The van der Waals surface area contributed by atoms with E-state index in [0.29, 0.717) is 19.3 Å². The Bertz CT molecular complexity index is 372. The van der Waals surface area contributed by atoms with E-state index in [-0.39, 0.29) is 59.0 Å². The molecule has 3 unspecified atom stereocenters. The van der Waals surface area contributed by atoms with E-state index >= 15 is 0 Å². The molecule has 0 bridgehead atoms. The Balaban J connectivity index is -0.000000152. The molecule has 3 N–H and O–H groups in total. The van der Waals surface area contributed by atoms with Crippen molar-refractivity contribution < 1.29 is 71.0 Å². The zero-order valence-electron chi connectivity index (χ0n) is 17.6. The van der Waals surface area contributed by atoms with Gasteiger partial charge in [-0.2, -0.15) is 0 Å². The number of nitrogens with one attached hydrogen (secondary N) is 3. The molecule has 9 nitrogen and oxygen atoms in total. The van der Waals surface area contributed by atoms with Gasteiger partial charge in [0, 0.05) is 17.9 Å². The Kier molecular flexibility index (Phi) is 25.0. The average molecular weight is 528 g/mol. The molecule has 0 saturated heterocycles. The standard InChI is InChI=1S/3C6H12NO2.Pr/c3*1-4(2)3-5(7)6(8)9;/h3*4-5,7H,3H2,1-2H3,(H,8,9);/q3*-1;+3/p-3. The van der Waals surface area contributed by atoms with Crippen molar-refractivity contribution in [1.29, 1.82) is 0 Å². The van der Waals surface area contributed by atoms with Crippen LogP contribution in [-0.4, -0.2) is 36.0 Å². The van der Waals surface area contributed by atoms with Crippen LogP contribution in [0.1, 0.15) is 60.8 Å². The van der Waals surface area contributed by atoms with E-state index in [4.69, 9.17) is 17.2 Å². The largest absolute Gasteiger partial charge is 3.00 e. The zero-order chi connectivity index (χ0) is 22.3. The van der Waals surface area contributed by atoms with Crippen LogP contribution >= 0.6 is 0 Å². The van der Waals surface area contributed by atoms with Crippen molar-refractivity contribution in [1.82, 2.24) is 0 Å². The van der Waals surface area contributed by atoms with Crippen molar-refractivity contribution in [3.63, 3.8) is 0 Å². The van der Waals surface area contributed by atoms with Crippen LogP contribution in [0.5, 0.6) is 0 Å². The van der Waals surface area contributed by atoms with Gasteiger partial charge in [-0.3, -0.25) is 0 Å². The van der Waals surface area contributed by atoms with Gasteiger partial charge >= 0.3 is 41.3 Å². The van der Waals surface area contributed by atoms with Gasteiger partial charge in [0.1, 0.15) is 0 Å². The number of rotatable bonds is 9. The summed E-state index contributed by atoms with van der Waals surface area (Å²) in [6.45, 7) is 11.3. The molecule has 0 fully saturated rings. The van der Waals surface area contributed by atoms with Crippen LogP contribution in [0.4, 0.5) is 0 Å². The van der Waals surface area contributed by atoms with E-state index in [1.165, 1.54) is 0 Å². The molecule has 162 valence electrons. The fourth-order valence-corrected chi connectivity index (χ4v) is 1.70. The molecular weight excluding hydrogens is 495 g/mol. The summed E-state index contributed by atoms with van der Waals surface area (Å²) in [5.41, 5.74) is 20.7. The third-order valence-electron chi connectivity index (χ3n) is 2.97. The predicted molar refractivity (Wildman–Crippen MR) is 97.7 cm³/mol. The monoisotopic (exact) mass is 528 g/mol. The minimum Gasteiger partial charge on any atom is -0.670 e. The molecule has 0 aromatic rings. The normalized spacial score (nSPS) is 13.3. The molecule has 3 atom stereocenters. The first-order chi connectivity index (χ1) is 12.1. The Labute approximate surface area is 201 Å². The van der Waals surface area contributed by atoms with E-state index in [1.807, 2.05) is 41.5 Å². The van der Waals surface area contributed by atoms with Gasteiger partial charge in [-0.15, -0.1) is 0 Å². The van der Waals surface area contributed by atoms with E-state index in [0.717, 1.165) is 0 Å². The number of carbonyl (C=O) groups is 3. The number of hydrogen-bond donors (Lipinski definition) is 0. The number of carbonyl (C=O) groups excluding carboxylic acids is 3. The second-order valence-corrected chi connectivity index (χ2v) is 7.50. The molecule has 0 spiro atoms. The van der Waals surface area contributed by atoms with Gasteiger partial charge in [-0.1, -0.05) is 78.9 Å². The molecule has 0 rings (SSSR count). The first-order valence-corrected chi connectivity index (χ1v) is 8.87. The van der Waals surface area contributed by atoms with Crippen molar-refractivity contribution in [3.8, 4) is 0 Å². The quantitative estimate of drug-likeness (QED) is 0.421. The summed E-state index contributed by atoms with van der Waals surface area (Å²) in [6, 6.07) is -3.15. The van der Waals surface area contributed by atoms with E-state index in [2.05, 4.69) is 0 Å². The molecule has 10 heteroatoms. The third kappa shape index (κ3) is 27.9. The third-order valence-corrected chi connectivity index (χ3v) is 2.97. The van der Waals surface area contributed by atoms with Crippen LogP contribution in [0.25, 0.3) is 17.2 Å². The van der Waals surface area contributed by atoms with Gasteiger partial charge in [-0.05, 0) is 17.8 Å². The fourth-order valence-electron chi connectivity index (χ4n) is 1.70. The summed E-state index contributed by atoms with van der Waals surface area (Å²) in [4.78, 5) is 29.8. The van der Waals surface area contributed by atoms with E-state index in [9.17, 15) is 29.7 Å². The SMILES string of the molecule is CC(C)CC([NH-])C(=O)[O-].CC(C)CC([NH-])C(=O)[O-].CC(C)CC([NH-])C(=O)[O-].[Pr+3]. The van der Waals surface area contributed by atoms with Crippen molar-refractivity contribution >= 4 is 17.9 Å². The number of carboxylic acids is 3. The summed E-state index contributed by atoms with van der Waals surface area (Å²) in [5, 5.41) is 29.8.